The van der Waals surface area contributed by atoms with E-state index in [1.54, 1.807) is 14.2 Å². The van der Waals surface area contributed by atoms with Gasteiger partial charge in [-0.3, -0.25) is 4.90 Å². The molecule has 1 aliphatic heterocycles. The fourth-order valence-corrected chi connectivity index (χ4v) is 4.18. The van der Waals surface area contributed by atoms with Gasteiger partial charge in [-0.2, -0.15) is 0 Å². The largest absolute Gasteiger partial charge is 0.377 e. The number of nitrogens with two attached hydrogens (primary N) is 1. The Hall–Kier alpha value is -0.160. The second kappa shape index (κ2) is 7.74. The van der Waals surface area contributed by atoms with Crippen LogP contribution in [0.4, 0.5) is 0 Å². The molecule has 0 spiro atoms. The smallest absolute Gasteiger partial charge is 0.0971 e. The highest BCUT2D eigenvalue weighted by atomic mass is 16.5. The summed E-state index contributed by atoms with van der Waals surface area (Å²) in [6.45, 7) is 5.10. The molecule has 1 aliphatic carbocycles. The van der Waals surface area contributed by atoms with Crippen molar-refractivity contribution in [1.29, 1.82) is 0 Å². The molecule has 0 aromatic carbocycles. The third-order valence-electron chi connectivity index (χ3n) is 5.38. The zero-order chi connectivity index (χ0) is 14.5. The van der Waals surface area contributed by atoms with E-state index < -0.39 is 0 Å². The summed E-state index contributed by atoms with van der Waals surface area (Å²) < 4.78 is 11.2. The van der Waals surface area contributed by atoms with Crippen LogP contribution in [0.25, 0.3) is 0 Å². The van der Waals surface area contributed by atoms with Crippen molar-refractivity contribution in [2.45, 2.75) is 57.3 Å². The molecule has 1 heterocycles. The van der Waals surface area contributed by atoms with E-state index >= 15 is 0 Å². The number of likely N-dealkylation sites (tertiary alicyclic amines) is 1. The van der Waals surface area contributed by atoms with Gasteiger partial charge in [-0.05, 0) is 31.2 Å². The highest BCUT2D eigenvalue weighted by Crippen LogP contribution is 2.36. The van der Waals surface area contributed by atoms with Gasteiger partial charge in [0.15, 0.2) is 0 Å². The molecule has 4 nitrogen and oxygen atoms in total. The second-order valence-corrected chi connectivity index (χ2v) is 6.53. The van der Waals surface area contributed by atoms with E-state index in [0.717, 1.165) is 25.6 Å². The van der Waals surface area contributed by atoms with Crippen LogP contribution in [-0.4, -0.2) is 57.0 Å². The fourth-order valence-electron chi connectivity index (χ4n) is 4.18. The van der Waals surface area contributed by atoms with Crippen molar-refractivity contribution < 1.29 is 9.47 Å². The van der Waals surface area contributed by atoms with E-state index in [4.69, 9.17) is 15.2 Å². The van der Waals surface area contributed by atoms with Crippen LogP contribution in [0.5, 0.6) is 0 Å². The van der Waals surface area contributed by atoms with Gasteiger partial charge in [0, 0.05) is 33.4 Å². The first-order chi connectivity index (χ1) is 9.73. The molecule has 0 radical (unpaired) electrons. The van der Waals surface area contributed by atoms with Crippen molar-refractivity contribution in [3.63, 3.8) is 0 Å². The van der Waals surface area contributed by atoms with Crippen LogP contribution < -0.4 is 5.73 Å². The maximum Gasteiger partial charge on any atom is 0.0971 e. The van der Waals surface area contributed by atoms with Crippen LogP contribution in [0.3, 0.4) is 0 Å². The summed E-state index contributed by atoms with van der Waals surface area (Å²) >= 11 is 0. The molecule has 0 aromatic rings. The van der Waals surface area contributed by atoms with Gasteiger partial charge < -0.3 is 15.2 Å². The first-order valence-corrected chi connectivity index (χ1v) is 8.23. The molecule has 2 fully saturated rings. The fraction of sp³-hybridized carbons (Fsp3) is 1.00. The van der Waals surface area contributed by atoms with Crippen LogP contribution in [0, 0.1) is 11.8 Å². The average molecular weight is 284 g/mol. The molecular weight excluding hydrogens is 252 g/mol. The van der Waals surface area contributed by atoms with Crippen LogP contribution in [0.15, 0.2) is 0 Å². The number of nitrogens with zero attached hydrogens (tertiary/aromatic N) is 1. The zero-order valence-electron chi connectivity index (χ0n) is 13.4. The normalized spacial score (nSPS) is 39.3. The van der Waals surface area contributed by atoms with Crippen LogP contribution in [0.2, 0.25) is 0 Å². The third-order valence-corrected chi connectivity index (χ3v) is 5.38. The lowest BCUT2D eigenvalue weighted by Crippen LogP contribution is -2.46. The van der Waals surface area contributed by atoms with E-state index in [9.17, 15) is 0 Å². The Morgan fingerprint density at radius 2 is 1.75 bits per heavy atom. The van der Waals surface area contributed by atoms with Crippen molar-refractivity contribution in [3.8, 4) is 0 Å². The number of methoxy groups -OCH3 is 2. The second-order valence-electron chi connectivity index (χ2n) is 6.53. The molecule has 20 heavy (non-hydrogen) atoms. The maximum atomic E-state index is 6.03. The number of hydrogen-bond acceptors (Lipinski definition) is 4. The van der Waals surface area contributed by atoms with Crippen molar-refractivity contribution >= 4 is 0 Å². The van der Waals surface area contributed by atoms with Crippen molar-refractivity contribution in [2.75, 3.05) is 33.9 Å². The highest BCUT2D eigenvalue weighted by molar-refractivity contribution is 4.94. The summed E-state index contributed by atoms with van der Waals surface area (Å²) in [6, 6.07) is 0.628. The van der Waals surface area contributed by atoms with Gasteiger partial charge in [0.25, 0.3) is 0 Å². The summed E-state index contributed by atoms with van der Waals surface area (Å²) in [5.41, 5.74) is 6.03. The molecule has 0 aromatic heterocycles. The topological polar surface area (TPSA) is 47.7 Å². The predicted molar refractivity (Wildman–Crippen MR) is 81.7 cm³/mol. The Labute approximate surface area is 124 Å². The minimum absolute atomic E-state index is 0.213. The van der Waals surface area contributed by atoms with Gasteiger partial charge in [-0.25, -0.2) is 0 Å². The molecule has 118 valence electrons. The third kappa shape index (κ3) is 3.53. The summed E-state index contributed by atoms with van der Waals surface area (Å²) in [5.74, 6) is 1.53. The SMILES string of the molecule is CCCC1CCC(CN)C(N2CC(OC)C(OC)C2)C1. The van der Waals surface area contributed by atoms with E-state index in [1.807, 2.05) is 0 Å². The van der Waals surface area contributed by atoms with Gasteiger partial charge in [0.05, 0.1) is 12.2 Å². The highest BCUT2D eigenvalue weighted by Gasteiger charge is 2.41. The Morgan fingerprint density at radius 3 is 2.25 bits per heavy atom. The molecule has 1 saturated heterocycles. The molecule has 4 heteroatoms. The molecule has 1 saturated carbocycles. The first kappa shape index (κ1) is 16.2. The Balaban J connectivity index is 2.00. The Morgan fingerprint density at radius 1 is 1.10 bits per heavy atom. The molecule has 0 amide bonds. The lowest BCUT2D eigenvalue weighted by molar-refractivity contribution is -0.00461. The first-order valence-electron chi connectivity index (χ1n) is 8.23. The van der Waals surface area contributed by atoms with Crippen LogP contribution in [-0.2, 0) is 9.47 Å². The quantitative estimate of drug-likeness (QED) is 0.809. The molecule has 2 rings (SSSR count). The van der Waals surface area contributed by atoms with Gasteiger partial charge >= 0.3 is 0 Å². The van der Waals surface area contributed by atoms with E-state index in [-0.39, 0.29) is 12.2 Å². The minimum atomic E-state index is 0.213. The zero-order valence-corrected chi connectivity index (χ0v) is 13.4. The summed E-state index contributed by atoms with van der Waals surface area (Å²) in [5, 5.41) is 0. The van der Waals surface area contributed by atoms with E-state index in [0.29, 0.717) is 12.0 Å². The standard InChI is InChI=1S/C16H32N2O2/c1-4-5-12-6-7-13(9-17)14(8-12)18-10-15(19-2)16(11-18)20-3/h12-16H,4-11,17H2,1-3H3. The molecule has 5 unspecified atom stereocenters. The Kier molecular flexibility index (Phi) is 6.27. The summed E-state index contributed by atoms with van der Waals surface area (Å²) in [6.07, 6.45) is 7.05. The van der Waals surface area contributed by atoms with Crippen molar-refractivity contribution in [1.82, 2.24) is 4.90 Å². The van der Waals surface area contributed by atoms with Gasteiger partial charge in [0.1, 0.15) is 0 Å². The molecular formula is C16H32N2O2. The monoisotopic (exact) mass is 284 g/mol. The van der Waals surface area contributed by atoms with E-state index in [2.05, 4.69) is 11.8 Å². The number of hydrogen-bond donors (Lipinski definition) is 1. The predicted octanol–water partition coefficient (Wildman–Crippen LogP) is 1.88. The van der Waals surface area contributed by atoms with Crippen LogP contribution >= 0.6 is 0 Å². The molecule has 5 atom stereocenters. The van der Waals surface area contributed by atoms with Gasteiger partial charge in [-0.15, -0.1) is 0 Å². The summed E-state index contributed by atoms with van der Waals surface area (Å²) in [7, 11) is 3.59. The van der Waals surface area contributed by atoms with Gasteiger partial charge in [0.2, 0.25) is 0 Å². The van der Waals surface area contributed by atoms with Crippen molar-refractivity contribution in [2.24, 2.45) is 17.6 Å². The lowest BCUT2D eigenvalue weighted by Gasteiger charge is -2.41. The number of rotatable bonds is 6. The van der Waals surface area contributed by atoms with Crippen molar-refractivity contribution in [3.05, 3.63) is 0 Å². The Bertz CT molecular complexity index is 276. The average Bonchev–Trinajstić information content (AvgIpc) is 2.90. The lowest BCUT2D eigenvalue weighted by atomic mass is 9.76. The summed E-state index contributed by atoms with van der Waals surface area (Å²) in [4.78, 5) is 2.58. The number of ether oxygens (including phenoxy) is 2. The van der Waals surface area contributed by atoms with E-state index in [1.165, 1.54) is 32.1 Å². The maximum absolute atomic E-state index is 6.03. The molecule has 2 aliphatic rings. The van der Waals surface area contributed by atoms with Crippen LogP contribution in [0.1, 0.15) is 39.0 Å². The molecule has 0 bridgehead atoms. The molecule has 2 N–H and O–H groups in total. The van der Waals surface area contributed by atoms with Gasteiger partial charge in [-0.1, -0.05) is 26.2 Å². The minimum Gasteiger partial charge on any atom is -0.377 e.